The molecule has 1 rings (SSSR count). The highest BCUT2D eigenvalue weighted by molar-refractivity contribution is 14.0. The molecule has 0 atom stereocenters. The molecule has 0 aliphatic heterocycles. The molecule has 0 amide bonds. The van der Waals surface area contributed by atoms with Crippen molar-refractivity contribution in [2.24, 2.45) is 4.99 Å². The molecule has 156 valence electrons. The van der Waals surface area contributed by atoms with Crippen LogP contribution in [0.4, 0.5) is 26.3 Å². The Morgan fingerprint density at radius 2 is 1.67 bits per heavy atom. The van der Waals surface area contributed by atoms with Gasteiger partial charge in [-0.05, 0) is 31.0 Å². The van der Waals surface area contributed by atoms with Crippen LogP contribution in [0, 0.1) is 0 Å². The van der Waals surface area contributed by atoms with Crippen molar-refractivity contribution in [1.29, 1.82) is 0 Å². The summed E-state index contributed by atoms with van der Waals surface area (Å²) >= 11 is 0. The van der Waals surface area contributed by atoms with Gasteiger partial charge in [-0.15, -0.1) is 24.0 Å². The van der Waals surface area contributed by atoms with E-state index in [2.05, 4.69) is 20.4 Å². The van der Waals surface area contributed by atoms with Crippen LogP contribution in [0.25, 0.3) is 0 Å². The maximum absolute atomic E-state index is 12.5. The summed E-state index contributed by atoms with van der Waals surface area (Å²) in [4.78, 5) is 4.22. The lowest BCUT2D eigenvalue weighted by Crippen LogP contribution is -2.38. The predicted octanol–water partition coefficient (Wildman–Crippen LogP) is 4.35. The Morgan fingerprint density at radius 3 is 2.19 bits per heavy atom. The molecule has 0 fully saturated rings. The van der Waals surface area contributed by atoms with E-state index in [-0.39, 0.29) is 37.1 Å². The molecule has 11 heteroatoms. The number of nitrogens with one attached hydrogen (secondary N) is 2. The van der Waals surface area contributed by atoms with Crippen LogP contribution < -0.4 is 10.6 Å². The van der Waals surface area contributed by atoms with Crippen LogP contribution in [0.1, 0.15) is 24.5 Å². The number of ether oxygens (including phenoxy) is 1. The Labute approximate surface area is 170 Å². The van der Waals surface area contributed by atoms with E-state index < -0.39 is 24.5 Å². The molecule has 2 N–H and O–H groups in total. The molecule has 0 saturated heterocycles. The summed E-state index contributed by atoms with van der Waals surface area (Å²) in [6.45, 7) is 1.57. The molecule has 0 unspecified atom stereocenters. The molecule has 0 saturated carbocycles. The van der Waals surface area contributed by atoms with Gasteiger partial charge in [0.2, 0.25) is 0 Å². The summed E-state index contributed by atoms with van der Waals surface area (Å²) in [5.41, 5.74) is -0.127. The monoisotopic (exact) mass is 513 g/mol. The second kappa shape index (κ2) is 12.3. The molecule has 0 aliphatic rings. The van der Waals surface area contributed by atoms with Crippen LogP contribution in [-0.4, -0.2) is 38.4 Å². The lowest BCUT2D eigenvalue weighted by molar-refractivity contribution is -0.173. The first kappa shape index (κ1) is 25.8. The highest BCUT2D eigenvalue weighted by Gasteiger charge is 2.29. The van der Waals surface area contributed by atoms with Gasteiger partial charge in [0.15, 0.2) is 5.96 Å². The zero-order chi connectivity index (χ0) is 19.6. The van der Waals surface area contributed by atoms with Crippen LogP contribution in [-0.2, 0) is 17.5 Å². The molecule has 27 heavy (non-hydrogen) atoms. The topological polar surface area (TPSA) is 45.7 Å². The van der Waals surface area contributed by atoms with E-state index in [1.54, 1.807) is 0 Å². The van der Waals surface area contributed by atoms with Gasteiger partial charge in [-0.25, -0.2) is 4.99 Å². The average molecular weight is 513 g/mol. The largest absolute Gasteiger partial charge is 0.416 e. The molecule has 0 heterocycles. The van der Waals surface area contributed by atoms with E-state index in [1.807, 2.05) is 6.92 Å². The molecule has 1 aromatic carbocycles. The summed E-state index contributed by atoms with van der Waals surface area (Å²) in [5, 5.41) is 5.86. The quantitative estimate of drug-likeness (QED) is 0.179. The Bertz CT molecular complexity index is 561. The van der Waals surface area contributed by atoms with Gasteiger partial charge in [-0.2, -0.15) is 26.3 Å². The average Bonchev–Trinajstić information content (AvgIpc) is 2.54. The first-order valence-corrected chi connectivity index (χ1v) is 7.94. The zero-order valence-corrected chi connectivity index (χ0v) is 16.9. The van der Waals surface area contributed by atoms with E-state index in [0.717, 1.165) is 12.1 Å². The van der Waals surface area contributed by atoms with Crippen molar-refractivity contribution >= 4 is 29.9 Å². The number of hydrogen-bond acceptors (Lipinski definition) is 2. The van der Waals surface area contributed by atoms with Gasteiger partial charge >= 0.3 is 12.4 Å². The number of guanidine groups is 1. The SMILES string of the molecule is CCNC(=NCc1ccc(C(F)(F)F)cc1)NCCCOCC(F)(F)F.I. The minimum Gasteiger partial charge on any atom is -0.372 e. The van der Waals surface area contributed by atoms with Gasteiger partial charge in [-0.3, -0.25) is 0 Å². The second-order valence-corrected chi connectivity index (χ2v) is 5.34. The third kappa shape index (κ3) is 12.0. The van der Waals surface area contributed by atoms with E-state index in [4.69, 9.17) is 0 Å². The fourth-order valence-corrected chi connectivity index (χ4v) is 1.88. The Kier molecular flexibility index (Phi) is 11.7. The van der Waals surface area contributed by atoms with Crippen molar-refractivity contribution in [2.75, 3.05) is 26.3 Å². The minimum atomic E-state index is -4.38. The third-order valence-electron chi connectivity index (χ3n) is 3.07. The van der Waals surface area contributed by atoms with E-state index in [1.165, 1.54) is 12.1 Å². The van der Waals surface area contributed by atoms with Gasteiger partial charge in [0, 0.05) is 19.7 Å². The standard InChI is InChI=1S/C16H21F6N3O.HI/c1-2-23-14(24-8-3-9-26-11-15(17,18)19)25-10-12-4-6-13(7-5-12)16(20,21)22;/h4-7H,2-3,8-11H2,1H3,(H2,23,24,25);1H. The predicted molar refractivity (Wildman–Crippen MR) is 101 cm³/mol. The highest BCUT2D eigenvalue weighted by atomic mass is 127. The van der Waals surface area contributed by atoms with Crippen molar-refractivity contribution in [2.45, 2.75) is 32.2 Å². The molecule has 0 aliphatic carbocycles. The van der Waals surface area contributed by atoms with Crippen molar-refractivity contribution in [3.05, 3.63) is 35.4 Å². The first-order valence-electron chi connectivity index (χ1n) is 7.94. The molecule has 0 radical (unpaired) electrons. The van der Waals surface area contributed by atoms with Crippen LogP contribution in [0.3, 0.4) is 0 Å². The van der Waals surface area contributed by atoms with Gasteiger partial charge in [-0.1, -0.05) is 12.1 Å². The molecule has 0 spiro atoms. The number of hydrogen-bond donors (Lipinski definition) is 2. The molecular weight excluding hydrogens is 491 g/mol. The maximum atomic E-state index is 12.5. The Hall–Kier alpha value is -1.24. The van der Waals surface area contributed by atoms with Crippen molar-refractivity contribution in [3.63, 3.8) is 0 Å². The number of alkyl halides is 6. The summed E-state index contributed by atoms with van der Waals surface area (Å²) in [6, 6.07) is 4.67. The fraction of sp³-hybridized carbons (Fsp3) is 0.562. The fourth-order valence-electron chi connectivity index (χ4n) is 1.88. The van der Waals surface area contributed by atoms with Crippen LogP contribution >= 0.6 is 24.0 Å². The van der Waals surface area contributed by atoms with Crippen LogP contribution in [0.15, 0.2) is 29.3 Å². The second-order valence-electron chi connectivity index (χ2n) is 5.34. The number of rotatable bonds is 8. The smallest absolute Gasteiger partial charge is 0.372 e. The number of benzene rings is 1. The lowest BCUT2D eigenvalue weighted by Gasteiger charge is -2.12. The van der Waals surface area contributed by atoms with Crippen LogP contribution in [0.2, 0.25) is 0 Å². The molecular formula is C16H22F6IN3O. The Morgan fingerprint density at radius 1 is 1.04 bits per heavy atom. The first-order chi connectivity index (χ1) is 12.1. The lowest BCUT2D eigenvalue weighted by atomic mass is 10.1. The van der Waals surface area contributed by atoms with Gasteiger partial charge in [0.1, 0.15) is 6.61 Å². The van der Waals surface area contributed by atoms with Crippen LogP contribution in [0.5, 0.6) is 0 Å². The normalized spacial score (nSPS) is 12.5. The highest BCUT2D eigenvalue weighted by Crippen LogP contribution is 2.29. The molecule has 4 nitrogen and oxygen atoms in total. The minimum absolute atomic E-state index is 0. The number of nitrogens with zero attached hydrogens (tertiary/aromatic N) is 1. The zero-order valence-electron chi connectivity index (χ0n) is 14.6. The summed E-state index contributed by atoms with van der Waals surface area (Å²) < 4.78 is 77.8. The third-order valence-corrected chi connectivity index (χ3v) is 3.07. The van der Waals surface area contributed by atoms with Crippen molar-refractivity contribution in [1.82, 2.24) is 10.6 Å². The Balaban J connectivity index is 0.00000676. The van der Waals surface area contributed by atoms with E-state index in [9.17, 15) is 26.3 Å². The summed E-state index contributed by atoms with van der Waals surface area (Å²) in [5.74, 6) is 0.420. The van der Waals surface area contributed by atoms with E-state index in [0.29, 0.717) is 31.0 Å². The van der Waals surface area contributed by atoms with Gasteiger partial charge in [0.25, 0.3) is 0 Å². The van der Waals surface area contributed by atoms with Crippen molar-refractivity contribution in [3.8, 4) is 0 Å². The summed E-state index contributed by atoms with van der Waals surface area (Å²) in [7, 11) is 0. The van der Waals surface area contributed by atoms with Gasteiger partial charge < -0.3 is 15.4 Å². The molecule has 0 aromatic heterocycles. The van der Waals surface area contributed by atoms with E-state index >= 15 is 0 Å². The summed E-state index contributed by atoms with van der Waals surface area (Å²) in [6.07, 6.45) is -8.38. The molecule has 1 aromatic rings. The molecule has 0 bridgehead atoms. The van der Waals surface area contributed by atoms with Gasteiger partial charge in [0.05, 0.1) is 12.1 Å². The maximum Gasteiger partial charge on any atom is 0.416 e. The number of aliphatic imine (C=N–C) groups is 1. The number of halogens is 7. The van der Waals surface area contributed by atoms with Crippen molar-refractivity contribution < 1.29 is 31.1 Å².